The molecule has 0 unspecified atom stereocenters. The van der Waals surface area contributed by atoms with Gasteiger partial charge in [0.25, 0.3) is 5.91 Å². The van der Waals surface area contributed by atoms with Crippen molar-refractivity contribution >= 4 is 34.9 Å². The third kappa shape index (κ3) is 6.47. The van der Waals surface area contributed by atoms with Gasteiger partial charge in [-0.3, -0.25) is 19.3 Å². The molecule has 7 rings (SSSR count). The van der Waals surface area contributed by atoms with Crippen LogP contribution >= 0.6 is 11.6 Å². The van der Waals surface area contributed by atoms with Gasteiger partial charge in [-0.1, -0.05) is 48.9 Å². The van der Waals surface area contributed by atoms with Crippen molar-refractivity contribution in [2.75, 3.05) is 25.5 Å². The molecule has 2 aromatic heterocycles. The summed E-state index contributed by atoms with van der Waals surface area (Å²) >= 11 is 7.02. The molecule has 2 N–H and O–H groups in total. The average molecular weight is 726 g/mol. The van der Waals surface area contributed by atoms with E-state index < -0.39 is 11.4 Å². The molecule has 12 heteroatoms. The largest absolute Gasteiger partial charge is 0.481 e. The molecule has 1 fully saturated rings. The minimum Gasteiger partial charge on any atom is -0.481 e. The number of carbonyl (C=O) groups excluding carboxylic acids is 2. The number of benzene rings is 2. The fraction of sp³-hybridized carbons (Fsp3) is 0.475. The third-order valence-corrected chi connectivity index (χ3v) is 12.5. The van der Waals surface area contributed by atoms with Gasteiger partial charge in [0.2, 0.25) is 5.78 Å². The molecular weight excluding hydrogens is 678 g/mol. The Kier molecular flexibility index (Phi) is 9.88. The lowest BCUT2D eigenvalue weighted by atomic mass is 9.70. The fourth-order valence-electron chi connectivity index (χ4n) is 8.64. The predicted molar refractivity (Wildman–Crippen MR) is 201 cm³/mol. The normalized spacial score (nSPS) is 20.7. The van der Waals surface area contributed by atoms with Crippen molar-refractivity contribution in [2.45, 2.75) is 84.3 Å². The van der Waals surface area contributed by atoms with Crippen LogP contribution in [-0.2, 0) is 51.2 Å². The van der Waals surface area contributed by atoms with Crippen LogP contribution in [0.2, 0.25) is 5.02 Å². The second-order valence-corrected chi connectivity index (χ2v) is 15.3. The number of Topliss-reactive ketones (excluding diaryl/α,β-unsaturated/α-hetero) is 1. The maximum atomic E-state index is 13.7. The van der Waals surface area contributed by atoms with E-state index in [9.17, 15) is 19.5 Å². The summed E-state index contributed by atoms with van der Waals surface area (Å²) < 4.78 is 3.84. The second kappa shape index (κ2) is 14.2. The number of nitrogens with one attached hydrogen (secondary N) is 1. The Morgan fingerprint density at radius 2 is 1.54 bits per heavy atom. The van der Waals surface area contributed by atoms with Crippen LogP contribution in [0.1, 0.15) is 94.2 Å². The summed E-state index contributed by atoms with van der Waals surface area (Å²) in [6, 6.07) is 11.8. The summed E-state index contributed by atoms with van der Waals surface area (Å²) in [5.41, 5.74) is 7.43. The number of hydrogen-bond donors (Lipinski definition) is 2. The quantitative estimate of drug-likeness (QED) is 0.195. The standard InChI is InChI=1S/C40H48ClN7O4/c1-6-40(39(51)52)17-13-26(14-18-40)48-20-16-33-31(23-48)43-37(47(33)5)38(50)44-29-12-8-11-28(35(29)41)27-10-7-9-25(24(27)2)21-34(49)36-42-30-22-45(3)19-15-32(30)46(36)4/h7-12,26H,6,13-23H2,1-5H3,(H,44,50)(H,51,52). The molecule has 52 heavy (non-hydrogen) atoms. The zero-order valence-electron chi connectivity index (χ0n) is 30.8. The van der Waals surface area contributed by atoms with E-state index in [-0.39, 0.29) is 18.1 Å². The van der Waals surface area contributed by atoms with E-state index in [1.165, 1.54) is 0 Å². The Morgan fingerprint density at radius 1 is 0.904 bits per heavy atom. The zero-order valence-corrected chi connectivity index (χ0v) is 31.5. The van der Waals surface area contributed by atoms with Crippen LogP contribution in [0.25, 0.3) is 11.1 Å². The number of rotatable bonds is 9. The number of imidazole rings is 2. The number of carboxylic acid groups (broad SMARTS) is 1. The van der Waals surface area contributed by atoms with Gasteiger partial charge in [0.05, 0.1) is 27.5 Å². The fourth-order valence-corrected chi connectivity index (χ4v) is 8.92. The molecule has 0 atom stereocenters. The molecule has 3 aliphatic rings. The Morgan fingerprint density at radius 3 is 2.25 bits per heavy atom. The molecule has 0 spiro atoms. The van der Waals surface area contributed by atoms with Gasteiger partial charge < -0.3 is 24.5 Å². The molecule has 1 saturated carbocycles. The number of nitrogens with zero attached hydrogens (tertiary/aromatic N) is 6. The molecule has 0 radical (unpaired) electrons. The lowest BCUT2D eigenvalue weighted by Crippen LogP contribution is -2.45. The first-order valence-corrected chi connectivity index (χ1v) is 18.8. The van der Waals surface area contributed by atoms with E-state index in [0.717, 1.165) is 90.3 Å². The molecule has 274 valence electrons. The van der Waals surface area contributed by atoms with Gasteiger partial charge in [0.1, 0.15) is 0 Å². The SMILES string of the molecule is CCC1(C(=O)O)CCC(N2CCc3c(nc(C(=O)Nc4cccc(-c5cccc(CC(=O)c6nc7c(n6C)CCN(C)C7)c5C)c4Cl)n3C)C2)CC1. The lowest BCUT2D eigenvalue weighted by molar-refractivity contribution is -0.152. The van der Waals surface area contributed by atoms with Crippen molar-refractivity contribution in [2.24, 2.45) is 19.5 Å². The molecule has 11 nitrogen and oxygen atoms in total. The Hall–Kier alpha value is -4.32. The van der Waals surface area contributed by atoms with E-state index in [0.29, 0.717) is 54.2 Å². The molecule has 2 aliphatic heterocycles. The second-order valence-electron chi connectivity index (χ2n) is 15.0. The van der Waals surface area contributed by atoms with E-state index in [4.69, 9.17) is 21.6 Å². The van der Waals surface area contributed by atoms with Gasteiger partial charge in [-0.15, -0.1) is 0 Å². The van der Waals surface area contributed by atoms with Crippen LogP contribution in [0.5, 0.6) is 0 Å². The summed E-state index contributed by atoms with van der Waals surface area (Å²) in [5, 5.41) is 13.3. The monoisotopic (exact) mass is 725 g/mol. The summed E-state index contributed by atoms with van der Waals surface area (Å²) in [5.74, 6) is -0.225. The highest BCUT2D eigenvalue weighted by Gasteiger charge is 2.42. The Balaban J connectivity index is 1.06. The summed E-state index contributed by atoms with van der Waals surface area (Å²) in [6.07, 6.45) is 5.61. The summed E-state index contributed by atoms with van der Waals surface area (Å²) in [6.45, 7) is 7.16. The smallest absolute Gasteiger partial charge is 0.309 e. The van der Waals surface area contributed by atoms with Gasteiger partial charge in [-0.25, -0.2) is 9.97 Å². The summed E-state index contributed by atoms with van der Waals surface area (Å²) in [4.78, 5) is 53.4. The number of anilines is 1. The number of carbonyl (C=O) groups is 3. The molecule has 4 heterocycles. The van der Waals surface area contributed by atoms with Crippen LogP contribution in [-0.4, -0.2) is 77.8 Å². The number of ketones is 1. The molecule has 0 bridgehead atoms. The molecule has 4 aromatic rings. The van der Waals surface area contributed by atoms with E-state index in [1.807, 2.05) is 67.4 Å². The molecule has 0 saturated heterocycles. The maximum Gasteiger partial charge on any atom is 0.309 e. The Labute approximate surface area is 310 Å². The minimum absolute atomic E-state index is 0.0248. The van der Waals surface area contributed by atoms with Crippen LogP contribution in [0.3, 0.4) is 0 Å². The minimum atomic E-state index is -0.678. The van der Waals surface area contributed by atoms with Crippen molar-refractivity contribution in [3.8, 4) is 11.1 Å². The number of carboxylic acids is 1. The molecule has 1 amide bonds. The first-order chi connectivity index (χ1) is 24.9. The van der Waals surface area contributed by atoms with Crippen molar-refractivity contribution in [1.82, 2.24) is 28.9 Å². The van der Waals surface area contributed by atoms with Gasteiger partial charge in [-0.2, -0.15) is 0 Å². The van der Waals surface area contributed by atoms with Crippen molar-refractivity contribution in [3.05, 3.63) is 87.0 Å². The lowest BCUT2D eigenvalue weighted by Gasteiger charge is -2.42. The van der Waals surface area contributed by atoms with E-state index in [2.05, 4.69) is 22.2 Å². The molecule has 2 aromatic carbocycles. The van der Waals surface area contributed by atoms with Crippen LogP contribution in [0.15, 0.2) is 36.4 Å². The van der Waals surface area contributed by atoms with E-state index in [1.54, 1.807) is 6.07 Å². The highest BCUT2D eigenvalue weighted by atomic mass is 35.5. The maximum absolute atomic E-state index is 13.7. The predicted octanol–water partition coefficient (Wildman–Crippen LogP) is 6.23. The number of amides is 1. The number of hydrogen-bond acceptors (Lipinski definition) is 7. The Bertz CT molecular complexity index is 2060. The topological polar surface area (TPSA) is 126 Å². The highest BCUT2D eigenvalue weighted by Crippen LogP contribution is 2.42. The first kappa shape index (κ1) is 36.1. The average Bonchev–Trinajstić information content (AvgIpc) is 3.65. The number of fused-ring (bicyclic) bond motifs is 2. The van der Waals surface area contributed by atoms with Gasteiger partial charge >= 0.3 is 5.97 Å². The highest BCUT2D eigenvalue weighted by molar-refractivity contribution is 6.36. The zero-order chi connectivity index (χ0) is 36.9. The van der Waals surface area contributed by atoms with Gasteiger partial charge in [0, 0.05) is 82.5 Å². The van der Waals surface area contributed by atoms with Crippen LogP contribution < -0.4 is 5.32 Å². The van der Waals surface area contributed by atoms with Gasteiger partial charge in [0.15, 0.2) is 11.6 Å². The number of aliphatic carboxylic acids is 1. The van der Waals surface area contributed by atoms with Crippen LogP contribution in [0.4, 0.5) is 5.69 Å². The van der Waals surface area contributed by atoms with Gasteiger partial charge in [-0.05, 0) is 68.8 Å². The van der Waals surface area contributed by atoms with Crippen molar-refractivity contribution < 1.29 is 19.5 Å². The number of halogens is 1. The number of likely N-dealkylation sites (N-methyl/N-ethyl adjacent to an activating group) is 1. The molecule has 1 aliphatic carbocycles. The molecular formula is C40H48ClN7O4. The first-order valence-electron chi connectivity index (χ1n) is 18.4. The third-order valence-electron chi connectivity index (χ3n) is 12.1. The van der Waals surface area contributed by atoms with Crippen molar-refractivity contribution in [3.63, 3.8) is 0 Å². The van der Waals surface area contributed by atoms with Crippen molar-refractivity contribution in [1.29, 1.82) is 0 Å². The van der Waals surface area contributed by atoms with E-state index >= 15 is 0 Å². The number of aromatic nitrogens is 4. The van der Waals surface area contributed by atoms with Crippen LogP contribution in [0, 0.1) is 12.3 Å². The summed E-state index contributed by atoms with van der Waals surface area (Å²) in [7, 11) is 5.88.